The smallest absolute Gasteiger partial charge is 0.268 e. The Bertz CT molecular complexity index is 1490. The van der Waals surface area contributed by atoms with Crippen molar-refractivity contribution in [1.82, 2.24) is 9.47 Å². The van der Waals surface area contributed by atoms with Crippen molar-refractivity contribution in [2.75, 3.05) is 31.6 Å². The van der Waals surface area contributed by atoms with Gasteiger partial charge in [-0.25, -0.2) is 17.6 Å². The van der Waals surface area contributed by atoms with Crippen molar-refractivity contribution in [2.24, 2.45) is 13.0 Å². The van der Waals surface area contributed by atoms with E-state index in [-0.39, 0.29) is 22.7 Å². The predicted octanol–water partition coefficient (Wildman–Crippen LogP) is 6.20. The second kappa shape index (κ2) is 9.63. The molecular weight excluding hydrogens is 510 g/mol. The molecule has 2 atom stereocenters. The zero-order valence-electron chi connectivity index (χ0n) is 22.4. The van der Waals surface area contributed by atoms with Crippen LogP contribution in [0, 0.1) is 24.5 Å². The minimum atomic E-state index is -3.18. The van der Waals surface area contributed by atoms with Crippen molar-refractivity contribution in [3.05, 3.63) is 74.7 Å². The number of nitrogens with zero attached hydrogens (tertiary/aromatic N) is 2. The van der Waals surface area contributed by atoms with Crippen LogP contribution in [0.15, 0.2) is 35.1 Å². The maximum atomic E-state index is 14.3. The normalized spacial score (nSPS) is 25.7. The number of halogens is 4. The summed E-state index contributed by atoms with van der Waals surface area (Å²) in [4.78, 5) is 16.2. The third kappa shape index (κ3) is 4.25. The van der Waals surface area contributed by atoms with Crippen molar-refractivity contribution in [2.45, 2.75) is 57.0 Å². The van der Waals surface area contributed by atoms with Crippen molar-refractivity contribution < 1.29 is 22.3 Å². The fourth-order valence-electron chi connectivity index (χ4n) is 7.35. The SMILES string of the molecule is Cc1cc([C@H](C)Nc2ccc(F)c(F)c2C(F)F)c2cc(C3CC4(N5CCOCC5)CC3C4)n(C)c(=O)c2c1. The lowest BCUT2D eigenvalue weighted by Gasteiger charge is -2.49. The number of benzene rings is 2. The second-order valence-electron chi connectivity index (χ2n) is 11.5. The average molecular weight is 544 g/mol. The maximum Gasteiger partial charge on any atom is 0.268 e. The zero-order chi connectivity index (χ0) is 27.6. The lowest BCUT2D eigenvalue weighted by Crippen LogP contribution is -2.56. The summed E-state index contributed by atoms with van der Waals surface area (Å²) in [6.07, 6.45) is 0.0544. The van der Waals surface area contributed by atoms with Crippen LogP contribution in [0.1, 0.15) is 67.0 Å². The van der Waals surface area contributed by atoms with Gasteiger partial charge in [0.1, 0.15) is 0 Å². The molecule has 3 aliphatic carbocycles. The molecule has 1 aromatic heterocycles. The van der Waals surface area contributed by atoms with Gasteiger partial charge >= 0.3 is 0 Å². The molecule has 5 nitrogen and oxygen atoms in total. The largest absolute Gasteiger partial charge is 0.379 e. The molecule has 39 heavy (non-hydrogen) atoms. The average Bonchev–Trinajstić information content (AvgIpc) is 3.46. The fraction of sp³-hybridized carbons (Fsp3) is 0.500. The maximum absolute atomic E-state index is 14.3. The van der Waals surface area contributed by atoms with E-state index in [2.05, 4.69) is 16.3 Å². The summed E-state index contributed by atoms with van der Waals surface area (Å²) in [5.74, 6) is -2.11. The third-order valence-corrected chi connectivity index (χ3v) is 9.28. The highest BCUT2D eigenvalue weighted by atomic mass is 19.3. The van der Waals surface area contributed by atoms with Crippen LogP contribution in [0.5, 0.6) is 0 Å². The molecule has 4 fully saturated rings. The molecule has 208 valence electrons. The summed E-state index contributed by atoms with van der Waals surface area (Å²) in [5, 5.41) is 4.28. The number of morpholine rings is 1. The van der Waals surface area contributed by atoms with Crippen molar-refractivity contribution >= 4 is 16.5 Å². The standard InChI is InChI=1S/C30H33F4N3O2/c1-16-10-19(17(2)35-24-5-4-23(31)27(32)26(24)28(33)34)20-12-25(36(3)29(38)21(20)11-16)22-15-30(13-18(22)14-30)37-6-8-39-9-7-37/h4-5,10-12,17-18,22,28,35H,6-9,13-15H2,1-3H3/t17-,18?,22?,30?/m0/s1. The van der Waals surface area contributed by atoms with Crippen molar-refractivity contribution in [3.8, 4) is 0 Å². The van der Waals surface area contributed by atoms with E-state index in [9.17, 15) is 22.4 Å². The number of alkyl halides is 2. The molecule has 9 heteroatoms. The Morgan fingerprint density at radius 2 is 1.77 bits per heavy atom. The highest BCUT2D eigenvalue weighted by Gasteiger charge is 2.59. The number of nitrogens with one attached hydrogen (secondary N) is 1. The van der Waals surface area contributed by atoms with Crippen molar-refractivity contribution in [3.63, 3.8) is 0 Å². The molecule has 1 N–H and O–H groups in total. The van der Waals surface area contributed by atoms with Gasteiger partial charge in [-0.3, -0.25) is 9.69 Å². The first-order valence-electron chi connectivity index (χ1n) is 13.6. The first-order valence-corrected chi connectivity index (χ1v) is 13.6. The van der Waals surface area contributed by atoms with Crippen LogP contribution < -0.4 is 10.9 Å². The summed E-state index contributed by atoms with van der Waals surface area (Å²) in [7, 11) is 1.83. The topological polar surface area (TPSA) is 46.5 Å². The Morgan fingerprint density at radius 1 is 1.05 bits per heavy atom. The van der Waals surface area contributed by atoms with E-state index in [4.69, 9.17) is 4.74 Å². The van der Waals surface area contributed by atoms with E-state index in [1.165, 1.54) is 0 Å². The van der Waals surface area contributed by atoms with E-state index in [1.807, 2.05) is 26.1 Å². The zero-order valence-corrected chi connectivity index (χ0v) is 22.4. The first-order chi connectivity index (χ1) is 18.6. The van der Waals surface area contributed by atoms with E-state index in [1.54, 1.807) is 11.5 Å². The molecule has 1 saturated heterocycles. The predicted molar refractivity (Wildman–Crippen MR) is 142 cm³/mol. The molecule has 2 heterocycles. The Balaban J connectivity index is 1.39. The van der Waals surface area contributed by atoms with Crippen LogP contribution >= 0.6 is 0 Å². The number of rotatable bonds is 6. The van der Waals surface area contributed by atoms with Crippen LogP contribution in [0.3, 0.4) is 0 Å². The second-order valence-corrected chi connectivity index (χ2v) is 11.5. The summed E-state index contributed by atoms with van der Waals surface area (Å²) in [5.41, 5.74) is 1.52. The highest BCUT2D eigenvalue weighted by Crippen LogP contribution is 2.62. The number of hydrogen-bond acceptors (Lipinski definition) is 4. The monoisotopic (exact) mass is 543 g/mol. The quantitative estimate of drug-likeness (QED) is 0.376. The van der Waals surface area contributed by atoms with Gasteiger partial charge in [0.05, 0.1) is 18.8 Å². The van der Waals surface area contributed by atoms with E-state index in [0.717, 1.165) is 79.9 Å². The molecule has 1 unspecified atom stereocenters. The number of aryl methyl sites for hydroxylation is 1. The minimum Gasteiger partial charge on any atom is -0.379 e. The Hall–Kier alpha value is -2.91. The van der Waals surface area contributed by atoms with Gasteiger partial charge < -0.3 is 14.6 Å². The van der Waals surface area contributed by atoms with Crippen LogP contribution in [-0.4, -0.2) is 41.3 Å². The molecule has 0 amide bonds. The van der Waals surface area contributed by atoms with Crippen LogP contribution in [0.4, 0.5) is 23.2 Å². The molecular formula is C30H33F4N3O2. The number of ether oxygens (including phenoxy) is 1. The van der Waals surface area contributed by atoms with E-state index < -0.39 is 29.7 Å². The van der Waals surface area contributed by atoms with Gasteiger partial charge in [0, 0.05) is 54.4 Å². The summed E-state index contributed by atoms with van der Waals surface area (Å²) in [6.45, 7) is 7.04. The van der Waals surface area contributed by atoms with Gasteiger partial charge in [-0.1, -0.05) is 6.07 Å². The molecule has 3 aromatic rings. The van der Waals surface area contributed by atoms with Crippen molar-refractivity contribution in [1.29, 1.82) is 0 Å². The molecule has 0 radical (unpaired) electrons. The molecule has 3 saturated carbocycles. The van der Waals surface area contributed by atoms with E-state index >= 15 is 0 Å². The lowest BCUT2D eigenvalue weighted by atomic mass is 9.74. The number of pyridine rings is 1. The van der Waals surface area contributed by atoms with Gasteiger partial charge in [-0.2, -0.15) is 0 Å². The molecule has 2 bridgehead atoms. The number of aromatic nitrogens is 1. The Morgan fingerprint density at radius 3 is 2.46 bits per heavy atom. The number of hydrogen-bond donors (Lipinski definition) is 1. The molecule has 7 rings (SSSR count). The van der Waals surface area contributed by atoms with E-state index in [0.29, 0.717) is 11.3 Å². The molecule has 1 aliphatic heterocycles. The molecule has 0 spiro atoms. The van der Waals surface area contributed by atoms with Gasteiger partial charge in [0.25, 0.3) is 12.0 Å². The highest BCUT2D eigenvalue weighted by molar-refractivity contribution is 5.87. The van der Waals surface area contributed by atoms with Crippen LogP contribution in [-0.2, 0) is 11.8 Å². The van der Waals surface area contributed by atoms with Gasteiger partial charge in [-0.05, 0) is 79.8 Å². The number of fused-ring (bicyclic) bond motifs is 2. The summed E-state index contributed by atoms with van der Waals surface area (Å²) in [6, 6.07) is 7.29. The van der Waals surface area contributed by atoms with Gasteiger partial charge in [0.2, 0.25) is 0 Å². The van der Waals surface area contributed by atoms with Gasteiger partial charge in [0.15, 0.2) is 11.6 Å². The molecule has 4 aliphatic rings. The summed E-state index contributed by atoms with van der Waals surface area (Å²) >= 11 is 0. The lowest BCUT2D eigenvalue weighted by molar-refractivity contribution is -0.0493. The third-order valence-electron chi connectivity index (χ3n) is 9.28. The summed E-state index contributed by atoms with van der Waals surface area (Å²) < 4.78 is 62.6. The van der Waals surface area contributed by atoms with Gasteiger partial charge in [-0.15, -0.1) is 0 Å². The first kappa shape index (κ1) is 26.3. The van der Waals surface area contributed by atoms with Crippen LogP contribution in [0.2, 0.25) is 0 Å². The molecule has 2 aromatic carbocycles. The fourth-order valence-corrected chi connectivity index (χ4v) is 7.35. The van der Waals surface area contributed by atoms with Crippen LogP contribution in [0.25, 0.3) is 10.8 Å². The Labute approximate surface area is 224 Å². The Kier molecular flexibility index (Phi) is 6.50. The number of anilines is 1. The minimum absolute atomic E-state index is 0.0923.